The number of guanidine groups is 5. The lowest BCUT2D eigenvalue weighted by Gasteiger charge is -2.17. The molecule has 74 heavy (non-hydrogen) atoms. The molecule has 11 rings (SSSR count). The number of nitrogens with two attached hydrogens (primary N) is 2. The van der Waals surface area contributed by atoms with Crippen LogP contribution in [0.25, 0.3) is 0 Å². The molecule has 15 heteroatoms. The lowest BCUT2D eigenvalue weighted by Crippen LogP contribution is -2.26. The molecule has 6 aromatic rings. The van der Waals surface area contributed by atoms with E-state index in [2.05, 4.69) is 204 Å². The van der Waals surface area contributed by atoms with Crippen molar-refractivity contribution in [2.75, 3.05) is 73.6 Å². The Kier molecular flexibility index (Phi) is 20.3. The van der Waals surface area contributed by atoms with Crippen LogP contribution in [-0.4, -0.2) is 82.2 Å². The van der Waals surface area contributed by atoms with E-state index in [1.807, 2.05) is 31.2 Å². The minimum absolute atomic E-state index is 0.0956. The summed E-state index contributed by atoms with van der Waals surface area (Å²) in [6, 6.07) is 46.2. The zero-order valence-electron chi connectivity index (χ0n) is 43.8. The highest BCUT2D eigenvalue weighted by Gasteiger charge is 2.12. The highest BCUT2D eigenvalue weighted by molar-refractivity contribution is 5.96. The van der Waals surface area contributed by atoms with Crippen LogP contribution in [-0.2, 0) is 19.3 Å². The standard InChI is InChI=1S/C16H17N3.C13H17N3.C11H15N3.C10H13N3.C9H13N3/c1-2-4-13(5-3-1)12-14-6-8-15(9-7-14)19-16-17-10-11-18-16;1-2-4-11-9-12(6-5-10(11)3-1)16-13-14-7-8-15-13;1-8-3-4-10(7-9(8)2)14-11-12-5-6-13-11;1-8-2-4-9(5-3-8)13-10-11-6-7-12-10;1-6-3-4-8(5-7(6)2)12-9(10)11/h1-9H,10-12H2,(H2,17,18,19);5-6,9H,1-4,7-8H2,(H2,14,15,16);3-4,7H,5-6H2,1-2H3,(H2,12,13,14);2-5H,6-7H2,1H3,(H2,11,12,13);3-5H,1-2H3,(H4,10,11,12). The van der Waals surface area contributed by atoms with Crippen LogP contribution in [0.15, 0.2) is 158 Å². The monoisotopic (exact) mass is 994 g/mol. The summed E-state index contributed by atoms with van der Waals surface area (Å²) in [4.78, 5) is 21.1. The number of hydrogen-bond acceptors (Lipinski definition) is 13. The van der Waals surface area contributed by atoms with Gasteiger partial charge < -0.3 is 54.0 Å². The Morgan fingerprint density at radius 3 is 1.36 bits per heavy atom. The highest BCUT2D eigenvalue weighted by atomic mass is 15.2. The number of rotatable bonds is 7. The average Bonchev–Trinajstić information content (AvgIpc) is 4.28. The summed E-state index contributed by atoms with van der Waals surface area (Å²) in [6.45, 7) is 17.6. The van der Waals surface area contributed by atoms with E-state index in [0.29, 0.717) is 0 Å². The molecule has 5 aliphatic rings. The molecule has 0 bridgehead atoms. The largest absolute Gasteiger partial charge is 0.370 e. The third kappa shape index (κ3) is 18.1. The first kappa shape index (κ1) is 53.5. The molecular weight excluding hydrogens is 919 g/mol. The number of nitrogens with one attached hydrogen (secondary N) is 8. The van der Waals surface area contributed by atoms with E-state index in [9.17, 15) is 0 Å². The van der Waals surface area contributed by atoms with Gasteiger partial charge in [0.15, 0.2) is 29.8 Å². The summed E-state index contributed by atoms with van der Waals surface area (Å²) in [5.74, 6) is 3.64. The van der Waals surface area contributed by atoms with Gasteiger partial charge in [0.2, 0.25) is 0 Å². The van der Waals surface area contributed by atoms with E-state index in [1.165, 1.54) is 75.8 Å². The van der Waals surface area contributed by atoms with Gasteiger partial charge in [-0.05, 0) is 172 Å². The van der Waals surface area contributed by atoms with Gasteiger partial charge in [-0.15, -0.1) is 0 Å². The first-order valence-electron chi connectivity index (χ1n) is 25.8. The smallest absolute Gasteiger partial charge is 0.195 e. The van der Waals surface area contributed by atoms with Gasteiger partial charge in [-0.1, -0.05) is 78.4 Å². The normalized spacial score (nSPS) is 14.6. The summed E-state index contributed by atoms with van der Waals surface area (Å²) in [7, 11) is 0. The van der Waals surface area contributed by atoms with Crippen LogP contribution < -0.4 is 54.0 Å². The maximum Gasteiger partial charge on any atom is 0.195 e. The Labute approximate surface area is 438 Å². The van der Waals surface area contributed by atoms with E-state index in [4.69, 9.17) is 11.5 Å². The number of hydrogen-bond donors (Lipinski definition) is 10. The predicted octanol–water partition coefficient (Wildman–Crippen LogP) is 8.83. The Morgan fingerprint density at radius 2 is 0.878 bits per heavy atom. The fraction of sp³-hybridized carbons (Fsp3) is 0.305. The van der Waals surface area contributed by atoms with Gasteiger partial charge in [-0.2, -0.15) is 0 Å². The molecule has 4 heterocycles. The fourth-order valence-corrected chi connectivity index (χ4v) is 8.22. The van der Waals surface area contributed by atoms with Crippen LogP contribution in [0.5, 0.6) is 0 Å². The Bertz CT molecular complexity index is 2880. The van der Waals surface area contributed by atoms with Crippen molar-refractivity contribution in [3.8, 4) is 0 Å². The van der Waals surface area contributed by atoms with Crippen molar-refractivity contribution in [3.05, 3.63) is 184 Å². The van der Waals surface area contributed by atoms with Crippen molar-refractivity contribution in [2.24, 2.45) is 36.4 Å². The maximum atomic E-state index is 5.24. The highest BCUT2D eigenvalue weighted by Crippen LogP contribution is 2.24. The molecule has 6 aromatic carbocycles. The van der Waals surface area contributed by atoms with Gasteiger partial charge >= 0.3 is 0 Å². The van der Waals surface area contributed by atoms with Gasteiger partial charge in [0.25, 0.3) is 0 Å². The Hall–Kier alpha value is -8.33. The third-order valence-electron chi connectivity index (χ3n) is 12.6. The molecular formula is C59H75N15. The molecule has 386 valence electrons. The number of anilines is 4. The van der Waals surface area contributed by atoms with E-state index >= 15 is 0 Å². The SMILES string of the molecule is Cc1ccc(N=C(N)N)cc1C.Cc1ccc(NC2=NCCN2)cc1.Cc1ccc(NC2=NCCN2)cc1C.c1cc2c(cc1NC1=NCCN1)CCCC2.c1ccc(Cc2ccc(NC3=NCCN3)cc2)cc1. The van der Waals surface area contributed by atoms with Crippen LogP contribution in [0.3, 0.4) is 0 Å². The molecule has 0 unspecified atom stereocenters. The number of aryl methyl sites for hydroxylation is 7. The van der Waals surface area contributed by atoms with Crippen molar-refractivity contribution in [2.45, 2.75) is 66.7 Å². The molecule has 0 amide bonds. The van der Waals surface area contributed by atoms with Crippen LogP contribution in [0.4, 0.5) is 28.4 Å². The van der Waals surface area contributed by atoms with Gasteiger partial charge in [-0.25, -0.2) is 4.99 Å². The molecule has 0 saturated carbocycles. The van der Waals surface area contributed by atoms with E-state index in [1.54, 1.807) is 0 Å². The maximum absolute atomic E-state index is 5.24. The predicted molar refractivity (Wildman–Crippen MR) is 313 cm³/mol. The molecule has 15 nitrogen and oxygen atoms in total. The summed E-state index contributed by atoms with van der Waals surface area (Å²) in [5.41, 5.74) is 27.7. The van der Waals surface area contributed by atoms with Crippen molar-refractivity contribution < 1.29 is 0 Å². The number of nitrogens with zero attached hydrogens (tertiary/aromatic N) is 5. The second-order valence-corrected chi connectivity index (χ2v) is 18.6. The molecule has 4 aliphatic heterocycles. The lowest BCUT2D eigenvalue weighted by molar-refractivity contribution is 0.686. The lowest BCUT2D eigenvalue weighted by atomic mass is 9.91. The molecule has 0 saturated heterocycles. The molecule has 0 atom stereocenters. The zero-order chi connectivity index (χ0) is 51.9. The van der Waals surface area contributed by atoms with Gasteiger partial charge in [0.05, 0.1) is 31.9 Å². The first-order chi connectivity index (χ1) is 36.0. The first-order valence-corrected chi connectivity index (χ1v) is 25.8. The molecule has 0 aromatic heterocycles. The van der Waals surface area contributed by atoms with Crippen molar-refractivity contribution in [1.29, 1.82) is 0 Å². The second-order valence-electron chi connectivity index (χ2n) is 18.6. The topological polar surface area (TPSA) is 210 Å². The van der Waals surface area contributed by atoms with Crippen LogP contribution in [0.2, 0.25) is 0 Å². The molecule has 0 spiro atoms. The molecule has 1 aliphatic carbocycles. The Morgan fingerprint density at radius 1 is 0.446 bits per heavy atom. The van der Waals surface area contributed by atoms with Gasteiger partial charge in [0.1, 0.15) is 0 Å². The second kappa shape index (κ2) is 28.1. The van der Waals surface area contributed by atoms with Crippen molar-refractivity contribution >= 4 is 58.2 Å². The number of benzene rings is 6. The van der Waals surface area contributed by atoms with Crippen LogP contribution in [0.1, 0.15) is 62.9 Å². The minimum Gasteiger partial charge on any atom is -0.370 e. The van der Waals surface area contributed by atoms with E-state index < -0.39 is 0 Å². The van der Waals surface area contributed by atoms with Gasteiger partial charge in [0, 0.05) is 48.9 Å². The molecule has 0 fully saturated rings. The molecule has 0 radical (unpaired) electrons. The van der Waals surface area contributed by atoms with Gasteiger partial charge in [-0.3, -0.25) is 20.0 Å². The summed E-state index contributed by atoms with van der Waals surface area (Å²) < 4.78 is 0. The third-order valence-corrected chi connectivity index (χ3v) is 12.6. The minimum atomic E-state index is 0.0956. The summed E-state index contributed by atoms with van der Waals surface area (Å²) in [6.07, 6.45) is 6.11. The van der Waals surface area contributed by atoms with Crippen molar-refractivity contribution in [3.63, 3.8) is 0 Å². The van der Waals surface area contributed by atoms with Crippen LogP contribution >= 0.6 is 0 Å². The molecule has 12 N–H and O–H groups in total. The zero-order valence-corrected chi connectivity index (χ0v) is 43.8. The Balaban J connectivity index is 0.000000137. The fourth-order valence-electron chi connectivity index (χ4n) is 8.22. The van der Waals surface area contributed by atoms with E-state index in [-0.39, 0.29) is 5.96 Å². The number of aliphatic imine (C=N–C) groups is 5. The van der Waals surface area contributed by atoms with Crippen molar-refractivity contribution in [1.82, 2.24) is 21.3 Å². The summed E-state index contributed by atoms with van der Waals surface area (Å²) >= 11 is 0. The van der Waals surface area contributed by atoms with E-state index in [0.717, 1.165) is 111 Å². The number of fused-ring (bicyclic) bond motifs is 1. The average molecular weight is 994 g/mol. The summed E-state index contributed by atoms with van der Waals surface area (Å²) in [5, 5.41) is 25.8. The quantitative estimate of drug-likeness (QED) is 0.0543. The van der Waals surface area contributed by atoms with Crippen LogP contribution in [0, 0.1) is 34.6 Å².